The van der Waals surface area contributed by atoms with Gasteiger partial charge in [0.25, 0.3) is 5.56 Å². The molecule has 0 aliphatic carbocycles. The van der Waals surface area contributed by atoms with E-state index < -0.39 is 15.6 Å². The van der Waals surface area contributed by atoms with Gasteiger partial charge in [-0.3, -0.25) is 4.79 Å². The van der Waals surface area contributed by atoms with Crippen molar-refractivity contribution in [3.63, 3.8) is 0 Å². The molecular formula is C18H23Cl2N3O3S. The minimum atomic E-state index is -3.64. The van der Waals surface area contributed by atoms with E-state index in [0.29, 0.717) is 18.8 Å². The zero-order valence-electron chi connectivity index (χ0n) is 15.7. The first kappa shape index (κ1) is 21.9. The van der Waals surface area contributed by atoms with Crippen molar-refractivity contribution in [2.45, 2.75) is 32.6 Å². The Balaban J connectivity index is 2.40. The topological polar surface area (TPSA) is 72.3 Å². The Morgan fingerprint density at radius 2 is 1.56 bits per heavy atom. The number of halogens is 2. The summed E-state index contributed by atoms with van der Waals surface area (Å²) < 4.78 is 28.6. The first-order chi connectivity index (χ1) is 12.5. The molecule has 6 nitrogen and oxygen atoms in total. The van der Waals surface area contributed by atoms with Crippen LogP contribution in [0.4, 0.5) is 0 Å². The van der Waals surface area contributed by atoms with Crippen molar-refractivity contribution in [2.24, 2.45) is 11.8 Å². The molecule has 0 fully saturated rings. The summed E-state index contributed by atoms with van der Waals surface area (Å²) in [6.07, 6.45) is 1.27. The Hall–Kier alpha value is -1.41. The van der Waals surface area contributed by atoms with Crippen molar-refractivity contribution < 1.29 is 8.42 Å². The second-order valence-electron chi connectivity index (χ2n) is 7.13. The lowest BCUT2D eigenvalue weighted by molar-refractivity contribution is 0.333. The maximum atomic E-state index is 13.0. The van der Waals surface area contributed by atoms with E-state index in [-0.39, 0.29) is 26.8 Å². The monoisotopic (exact) mass is 431 g/mol. The van der Waals surface area contributed by atoms with Gasteiger partial charge in [0, 0.05) is 13.1 Å². The van der Waals surface area contributed by atoms with Gasteiger partial charge in [0.05, 0.1) is 21.8 Å². The van der Waals surface area contributed by atoms with Gasteiger partial charge in [0.15, 0.2) is 0 Å². The molecule has 2 aromatic rings. The molecule has 0 saturated heterocycles. The molecule has 1 aromatic heterocycles. The smallest absolute Gasteiger partial charge is 0.266 e. The van der Waals surface area contributed by atoms with Crippen molar-refractivity contribution in [2.75, 3.05) is 13.1 Å². The summed E-state index contributed by atoms with van der Waals surface area (Å²) in [6, 6.07) is 5.98. The van der Waals surface area contributed by atoms with E-state index in [9.17, 15) is 13.2 Å². The Labute approximate surface area is 169 Å². The molecule has 27 heavy (non-hydrogen) atoms. The van der Waals surface area contributed by atoms with Gasteiger partial charge in [0.1, 0.15) is 5.02 Å². The minimum Gasteiger partial charge on any atom is -0.266 e. The summed E-state index contributed by atoms with van der Waals surface area (Å²) in [7, 11) is -3.64. The van der Waals surface area contributed by atoms with Crippen molar-refractivity contribution in [1.29, 1.82) is 0 Å². The van der Waals surface area contributed by atoms with Crippen LogP contribution in [0.25, 0.3) is 5.69 Å². The Morgan fingerprint density at radius 3 is 2.04 bits per heavy atom. The van der Waals surface area contributed by atoms with Crippen LogP contribution >= 0.6 is 23.2 Å². The van der Waals surface area contributed by atoms with E-state index in [1.54, 1.807) is 0 Å². The lowest BCUT2D eigenvalue weighted by atomic mass is 10.2. The Bertz CT molecular complexity index is 945. The molecule has 1 heterocycles. The normalized spacial score (nSPS) is 12.3. The highest BCUT2D eigenvalue weighted by molar-refractivity contribution is 7.89. The van der Waals surface area contributed by atoms with E-state index in [4.69, 9.17) is 23.2 Å². The van der Waals surface area contributed by atoms with Crippen LogP contribution in [0.1, 0.15) is 27.7 Å². The fourth-order valence-electron chi connectivity index (χ4n) is 2.59. The van der Waals surface area contributed by atoms with Gasteiger partial charge in [-0.2, -0.15) is 14.1 Å². The summed E-state index contributed by atoms with van der Waals surface area (Å²) in [5, 5.41) is 3.87. The summed E-state index contributed by atoms with van der Waals surface area (Å²) in [5.41, 5.74) is -0.169. The van der Waals surface area contributed by atoms with Gasteiger partial charge >= 0.3 is 0 Å². The number of rotatable bonds is 7. The molecule has 148 valence electrons. The summed E-state index contributed by atoms with van der Waals surface area (Å²) in [6.45, 7) is 8.80. The molecule has 0 N–H and O–H groups in total. The van der Waals surface area contributed by atoms with Crippen molar-refractivity contribution in [3.8, 4) is 5.69 Å². The van der Waals surface area contributed by atoms with E-state index >= 15 is 0 Å². The third-order valence-electron chi connectivity index (χ3n) is 3.73. The fraction of sp³-hybridized carbons (Fsp3) is 0.444. The summed E-state index contributed by atoms with van der Waals surface area (Å²) in [4.78, 5) is 12.3. The van der Waals surface area contributed by atoms with Crippen LogP contribution in [0.15, 0.2) is 40.2 Å². The predicted molar refractivity (Wildman–Crippen MR) is 108 cm³/mol. The van der Waals surface area contributed by atoms with Gasteiger partial charge in [-0.05, 0) is 36.1 Å². The number of sulfonamides is 1. The zero-order chi connectivity index (χ0) is 20.4. The van der Waals surface area contributed by atoms with E-state index in [0.717, 1.165) is 4.68 Å². The highest BCUT2D eigenvalue weighted by Gasteiger charge is 2.26. The second kappa shape index (κ2) is 8.73. The zero-order valence-corrected chi connectivity index (χ0v) is 18.0. The van der Waals surface area contributed by atoms with Crippen LogP contribution < -0.4 is 5.56 Å². The minimum absolute atomic E-state index is 0.0649. The molecule has 0 aliphatic heterocycles. The summed E-state index contributed by atoms with van der Waals surface area (Å²) >= 11 is 11.7. The van der Waals surface area contributed by atoms with Crippen LogP contribution in [0.2, 0.25) is 10.0 Å². The number of aromatic nitrogens is 2. The molecule has 0 bridgehead atoms. The largest absolute Gasteiger partial charge is 0.291 e. The first-order valence-corrected chi connectivity index (χ1v) is 10.8. The lowest BCUT2D eigenvalue weighted by Gasteiger charge is -2.25. The van der Waals surface area contributed by atoms with Crippen LogP contribution in [0.3, 0.4) is 0 Å². The molecule has 0 radical (unpaired) electrons. The van der Waals surface area contributed by atoms with Gasteiger partial charge in [-0.25, -0.2) is 8.42 Å². The van der Waals surface area contributed by atoms with Gasteiger partial charge in [-0.1, -0.05) is 50.9 Å². The molecule has 0 unspecified atom stereocenters. The molecule has 0 atom stereocenters. The number of hydrogen-bond acceptors (Lipinski definition) is 4. The Kier molecular flexibility index (Phi) is 7.08. The fourth-order valence-corrected chi connectivity index (χ4v) is 4.61. The highest BCUT2D eigenvalue weighted by atomic mass is 35.5. The average molecular weight is 432 g/mol. The van der Waals surface area contributed by atoms with E-state index in [2.05, 4.69) is 5.10 Å². The number of benzene rings is 1. The quantitative estimate of drug-likeness (QED) is 0.667. The molecule has 1 aromatic carbocycles. The van der Waals surface area contributed by atoms with E-state index in [1.807, 2.05) is 27.7 Å². The second-order valence-corrected chi connectivity index (χ2v) is 9.85. The van der Waals surface area contributed by atoms with Crippen molar-refractivity contribution in [1.82, 2.24) is 14.1 Å². The third-order valence-corrected chi connectivity index (χ3v) is 6.33. The van der Waals surface area contributed by atoms with Crippen LogP contribution in [0, 0.1) is 11.8 Å². The van der Waals surface area contributed by atoms with Crippen LogP contribution in [-0.4, -0.2) is 35.6 Å². The molecule has 0 saturated carbocycles. The molecule has 0 amide bonds. The predicted octanol–water partition coefficient (Wildman–Crippen LogP) is 3.84. The van der Waals surface area contributed by atoms with Gasteiger partial charge in [0.2, 0.25) is 10.0 Å². The maximum absolute atomic E-state index is 13.0. The Morgan fingerprint density at radius 1 is 1.04 bits per heavy atom. The molecule has 0 aliphatic rings. The highest BCUT2D eigenvalue weighted by Crippen LogP contribution is 2.21. The lowest BCUT2D eigenvalue weighted by Crippen LogP contribution is -2.37. The molecule has 0 spiro atoms. The summed E-state index contributed by atoms with van der Waals surface area (Å²) in [5.74, 6) is 0.411. The van der Waals surface area contributed by atoms with Gasteiger partial charge in [-0.15, -0.1) is 0 Å². The third kappa shape index (κ3) is 5.10. The van der Waals surface area contributed by atoms with Crippen LogP contribution in [0.5, 0.6) is 0 Å². The maximum Gasteiger partial charge on any atom is 0.291 e. The van der Waals surface area contributed by atoms with Crippen molar-refractivity contribution in [3.05, 3.63) is 50.9 Å². The van der Waals surface area contributed by atoms with E-state index in [1.165, 1.54) is 34.8 Å². The van der Waals surface area contributed by atoms with Crippen LogP contribution in [-0.2, 0) is 10.0 Å². The van der Waals surface area contributed by atoms with Crippen molar-refractivity contribution >= 4 is 33.2 Å². The SMILES string of the molecule is CC(C)CN(CC(C)C)S(=O)(=O)c1ccc(-n2ncc(Cl)c(Cl)c2=O)cc1. The molecular weight excluding hydrogens is 409 g/mol. The first-order valence-electron chi connectivity index (χ1n) is 8.58. The van der Waals surface area contributed by atoms with Gasteiger partial charge < -0.3 is 0 Å². The molecule has 2 rings (SSSR count). The standard InChI is InChI=1S/C18H23Cl2N3O3S/c1-12(2)10-22(11-13(3)4)27(25,26)15-7-5-14(6-8-15)23-18(24)17(20)16(19)9-21-23/h5-9,12-13H,10-11H2,1-4H3. The average Bonchev–Trinajstić information content (AvgIpc) is 2.58. The molecule has 9 heteroatoms. The number of nitrogens with zero attached hydrogens (tertiary/aromatic N) is 3. The number of hydrogen-bond donors (Lipinski definition) is 0.